The molecule has 0 N–H and O–H groups in total. The summed E-state index contributed by atoms with van der Waals surface area (Å²) in [7, 11) is 1.95. The van der Waals surface area contributed by atoms with Crippen LogP contribution in [0.1, 0.15) is 22.8 Å². The molecule has 0 saturated heterocycles. The van der Waals surface area contributed by atoms with Gasteiger partial charge in [0.15, 0.2) is 5.78 Å². The number of ketones is 1. The van der Waals surface area contributed by atoms with Gasteiger partial charge in [-0.15, -0.1) is 0 Å². The van der Waals surface area contributed by atoms with Crippen molar-refractivity contribution in [2.24, 2.45) is 0 Å². The molecular formula is C14H14ClNO2. The summed E-state index contributed by atoms with van der Waals surface area (Å²) in [5.41, 5.74) is 2.59. The minimum atomic E-state index is 0.0148. The van der Waals surface area contributed by atoms with Crippen LogP contribution in [0.2, 0.25) is 5.02 Å². The molecule has 4 heteroatoms. The predicted octanol–water partition coefficient (Wildman–Crippen LogP) is 3.77. The van der Waals surface area contributed by atoms with E-state index in [2.05, 4.69) is 0 Å². The Morgan fingerprint density at radius 3 is 2.72 bits per heavy atom. The highest BCUT2D eigenvalue weighted by molar-refractivity contribution is 6.33. The summed E-state index contributed by atoms with van der Waals surface area (Å²) in [5, 5.41) is 0.577. The second-order valence-electron chi connectivity index (χ2n) is 4.21. The summed E-state index contributed by atoms with van der Waals surface area (Å²) in [6, 6.07) is 7.26. The fourth-order valence-electron chi connectivity index (χ4n) is 1.78. The van der Waals surface area contributed by atoms with E-state index in [1.165, 1.54) is 6.92 Å². The van der Waals surface area contributed by atoms with Gasteiger partial charge >= 0.3 is 0 Å². The Kier molecular flexibility index (Phi) is 3.72. The zero-order valence-corrected chi connectivity index (χ0v) is 11.1. The Morgan fingerprint density at radius 1 is 1.39 bits per heavy atom. The monoisotopic (exact) mass is 263 g/mol. The van der Waals surface area contributed by atoms with Gasteiger partial charge in [0.2, 0.25) is 0 Å². The van der Waals surface area contributed by atoms with Gasteiger partial charge in [0.05, 0.1) is 23.2 Å². The van der Waals surface area contributed by atoms with Crippen LogP contribution in [-0.4, -0.2) is 12.8 Å². The van der Waals surface area contributed by atoms with Crippen molar-refractivity contribution in [3.8, 4) is 0 Å². The lowest BCUT2D eigenvalue weighted by Crippen LogP contribution is -2.16. The summed E-state index contributed by atoms with van der Waals surface area (Å²) in [5.74, 6) is 0.0148. The SMILES string of the molecule is CC(=O)c1ccc(N(C)Cc2ccoc2)c(Cl)c1. The van der Waals surface area contributed by atoms with E-state index in [0.29, 0.717) is 17.1 Å². The van der Waals surface area contributed by atoms with Crippen LogP contribution in [-0.2, 0) is 6.54 Å². The van der Waals surface area contributed by atoms with Crippen molar-refractivity contribution in [2.75, 3.05) is 11.9 Å². The molecule has 0 atom stereocenters. The number of carbonyl (C=O) groups is 1. The number of nitrogens with zero attached hydrogens (tertiary/aromatic N) is 1. The lowest BCUT2D eigenvalue weighted by molar-refractivity contribution is 0.101. The van der Waals surface area contributed by atoms with E-state index in [-0.39, 0.29) is 5.78 Å². The molecule has 0 saturated carbocycles. The van der Waals surface area contributed by atoms with Crippen LogP contribution >= 0.6 is 11.6 Å². The van der Waals surface area contributed by atoms with Gasteiger partial charge in [-0.25, -0.2) is 0 Å². The average Bonchev–Trinajstić information content (AvgIpc) is 2.81. The quantitative estimate of drug-likeness (QED) is 0.788. The zero-order valence-electron chi connectivity index (χ0n) is 10.3. The Balaban J connectivity index is 2.20. The molecule has 0 fully saturated rings. The van der Waals surface area contributed by atoms with Crippen LogP contribution in [0, 0.1) is 0 Å². The van der Waals surface area contributed by atoms with Crippen molar-refractivity contribution in [3.05, 3.63) is 52.9 Å². The van der Waals surface area contributed by atoms with Crippen molar-refractivity contribution in [2.45, 2.75) is 13.5 Å². The maximum Gasteiger partial charge on any atom is 0.159 e. The molecule has 0 amide bonds. The number of hydrogen-bond acceptors (Lipinski definition) is 3. The summed E-state index contributed by atoms with van der Waals surface area (Å²) in [4.78, 5) is 13.3. The van der Waals surface area contributed by atoms with E-state index in [1.807, 2.05) is 24.1 Å². The maximum absolute atomic E-state index is 11.3. The molecule has 0 aliphatic carbocycles. The first kappa shape index (κ1) is 12.7. The predicted molar refractivity (Wildman–Crippen MR) is 72.3 cm³/mol. The molecule has 94 valence electrons. The van der Waals surface area contributed by atoms with Gasteiger partial charge in [-0.3, -0.25) is 4.79 Å². The van der Waals surface area contributed by atoms with Crippen LogP contribution in [0.25, 0.3) is 0 Å². The first-order chi connectivity index (χ1) is 8.58. The number of anilines is 1. The Labute approximate surface area is 111 Å². The number of hydrogen-bond donors (Lipinski definition) is 0. The number of furan rings is 1. The van der Waals surface area contributed by atoms with E-state index in [0.717, 1.165) is 11.3 Å². The van der Waals surface area contributed by atoms with E-state index in [9.17, 15) is 4.79 Å². The van der Waals surface area contributed by atoms with Gasteiger partial charge < -0.3 is 9.32 Å². The molecule has 0 unspecified atom stereocenters. The van der Waals surface area contributed by atoms with Crippen LogP contribution in [0.4, 0.5) is 5.69 Å². The topological polar surface area (TPSA) is 33.5 Å². The highest BCUT2D eigenvalue weighted by atomic mass is 35.5. The molecule has 0 aliphatic rings. The molecule has 3 nitrogen and oxygen atoms in total. The minimum Gasteiger partial charge on any atom is -0.472 e. The van der Waals surface area contributed by atoms with Gasteiger partial charge in [0.1, 0.15) is 0 Å². The molecule has 2 rings (SSSR count). The number of rotatable bonds is 4. The second-order valence-corrected chi connectivity index (χ2v) is 4.62. The Bertz CT molecular complexity index is 549. The number of Topliss-reactive ketones (excluding diaryl/α,β-unsaturated/α-hetero) is 1. The molecular weight excluding hydrogens is 250 g/mol. The molecule has 1 aromatic heterocycles. The van der Waals surface area contributed by atoms with Gasteiger partial charge in [0, 0.05) is 24.7 Å². The summed E-state index contributed by atoms with van der Waals surface area (Å²) in [6.45, 7) is 2.23. The van der Waals surface area contributed by atoms with Crippen molar-refractivity contribution >= 4 is 23.1 Å². The molecule has 0 spiro atoms. The lowest BCUT2D eigenvalue weighted by Gasteiger charge is -2.20. The second kappa shape index (κ2) is 5.27. The lowest BCUT2D eigenvalue weighted by atomic mass is 10.1. The van der Waals surface area contributed by atoms with E-state index in [1.54, 1.807) is 24.7 Å². The van der Waals surface area contributed by atoms with Crippen molar-refractivity contribution < 1.29 is 9.21 Å². The third-order valence-electron chi connectivity index (χ3n) is 2.77. The summed E-state index contributed by atoms with van der Waals surface area (Å²) >= 11 is 6.19. The fourth-order valence-corrected chi connectivity index (χ4v) is 2.10. The number of carbonyl (C=O) groups excluding carboxylic acids is 1. The molecule has 1 aromatic carbocycles. The van der Waals surface area contributed by atoms with Gasteiger partial charge in [-0.05, 0) is 31.2 Å². The first-order valence-corrected chi connectivity index (χ1v) is 5.98. The van der Waals surface area contributed by atoms with Crippen LogP contribution in [0.3, 0.4) is 0 Å². The van der Waals surface area contributed by atoms with Crippen molar-refractivity contribution in [1.29, 1.82) is 0 Å². The third kappa shape index (κ3) is 2.74. The zero-order chi connectivity index (χ0) is 13.1. The van der Waals surface area contributed by atoms with Crippen LogP contribution < -0.4 is 4.90 Å². The highest BCUT2D eigenvalue weighted by Gasteiger charge is 2.09. The molecule has 2 aromatic rings. The third-order valence-corrected chi connectivity index (χ3v) is 3.07. The fraction of sp³-hybridized carbons (Fsp3) is 0.214. The average molecular weight is 264 g/mol. The Hall–Kier alpha value is -1.74. The van der Waals surface area contributed by atoms with E-state index < -0.39 is 0 Å². The minimum absolute atomic E-state index is 0.0148. The van der Waals surface area contributed by atoms with Crippen LogP contribution in [0.5, 0.6) is 0 Å². The van der Waals surface area contributed by atoms with Gasteiger partial charge in [0.25, 0.3) is 0 Å². The molecule has 18 heavy (non-hydrogen) atoms. The molecule has 0 bridgehead atoms. The smallest absolute Gasteiger partial charge is 0.159 e. The van der Waals surface area contributed by atoms with Gasteiger partial charge in [-0.2, -0.15) is 0 Å². The first-order valence-electron chi connectivity index (χ1n) is 5.60. The standard InChI is InChI=1S/C14H14ClNO2/c1-10(17)12-3-4-14(13(15)7-12)16(2)8-11-5-6-18-9-11/h3-7,9H,8H2,1-2H3. The number of halogens is 1. The van der Waals surface area contributed by atoms with E-state index in [4.69, 9.17) is 16.0 Å². The van der Waals surface area contributed by atoms with Crippen molar-refractivity contribution in [3.63, 3.8) is 0 Å². The molecule has 0 radical (unpaired) electrons. The summed E-state index contributed by atoms with van der Waals surface area (Å²) < 4.78 is 5.03. The summed E-state index contributed by atoms with van der Waals surface area (Å²) in [6.07, 6.45) is 3.35. The molecule has 1 heterocycles. The largest absolute Gasteiger partial charge is 0.472 e. The van der Waals surface area contributed by atoms with Gasteiger partial charge in [-0.1, -0.05) is 11.6 Å². The van der Waals surface area contributed by atoms with Crippen molar-refractivity contribution in [1.82, 2.24) is 0 Å². The molecule has 0 aliphatic heterocycles. The maximum atomic E-state index is 11.3. The highest BCUT2D eigenvalue weighted by Crippen LogP contribution is 2.27. The Morgan fingerprint density at radius 2 is 2.17 bits per heavy atom. The van der Waals surface area contributed by atoms with Crippen LogP contribution in [0.15, 0.2) is 41.2 Å². The van der Waals surface area contributed by atoms with E-state index >= 15 is 0 Å². The normalized spacial score (nSPS) is 10.4. The number of benzene rings is 1.